The van der Waals surface area contributed by atoms with Crippen molar-refractivity contribution in [2.45, 2.75) is 11.7 Å². The van der Waals surface area contributed by atoms with Crippen LogP contribution in [0.1, 0.15) is 16.8 Å². The van der Waals surface area contributed by atoms with Gasteiger partial charge in [-0.25, -0.2) is 9.18 Å². The minimum Gasteiger partial charge on any atom is -0.465 e. The molecule has 0 aliphatic carbocycles. The van der Waals surface area contributed by atoms with Crippen molar-refractivity contribution in [2.24, 2.45) is 0 Å². The lowest BCUT2D eigenvalue weighted by Crippen LogP contribution is -2.28. The van der Waals surface area contributed by atoms with Gasteiger partial charge in [-0.2, -0.15) is 8.42 Å². The van der Waals surface area contributed by atoms with Crippen LogP contribution in [0.3, 0.4) is 0 Å². The highest BCUT2D eigenvalue weighted by Crippen LogP contribution is 2.32. The maximum Gasteiger partial charge on any atom is 0.340 e. The summed E-state index contributed by atoms with van der Waals surface area (Å²) in [7, 11) is -3.85. The molecule has 2 rings (SSSR count). The third kappa shape index (κ3) is 3.12. The number of hydrogen-bond acceptors (Lipinski definition) is 5. The summed E-state index contributed by atoms with van der Waals surface area (Å²) in [6.45, 7) is -0.522. The molecule has 1 aliphatic heterocycles. The van der Waals surface area contributed by atoms with Gasteiger partial charge in [0, 0.05) is 17.4 Å². The van der Waals surface area contributed by atoms with Crippen LogP contribution in [0.4, 0.5) is 14.0 Å². The molecule has 1 aromatic carbocycles. The predicted molar refractivity (Wildman–Crippen MR) is 76.2 cm³/mol. The summed E-state index contributed by atoms with van der Waals surface area (Å²) < 4.78 is 53.9. The molecular weight excluding hydrogens is 388 g/mol. The Hall–Kier alpha value is -1.55. The summed E-state index contributed by atoms with van der Waals surface area (Å²) in [4.78, 5) is 24.2. The van der Waals surface area contributed by atoms with E-state index in [9.17, 15) is 26.3 Å². The van der Waals surface area contributed by atoms with Gasteiger partial charge in [-0.3, -0.25) is 4.79 Å². The van der Waals surface area contributed by atoms with E-state index in [-0.39, 0.29) is 10.2 Å². The third-order valence-corrected chi connectivity index (χ3v) is 4.77. The van der Waals surface area contributed by atoms with Crippen molar-refractivity contribution in [3.63, 3.8) is 0 Å². The number of methoxy groups -OCH3 is 1. The number of rotatable bonds is 3. The van der Waals surface area contributed by atoms with Gasteiger partial charge in [0.1, 0.15) is 5.25 Å². The normalized spacial score (nSPS) is 18.6. The van der Waals surface area contributed by atoms with Crippen LogP contribution in [0.2, 0.25) is 0 Å². The number of nitrogens with zero attached hydrogens (tertiary/aromatic N) is 1. The molecule has 1 aliphatic rings. The Balaban J connectivity index is 2.48. The topological polar surface area (TPSA) is 80.8 Å². The summed E-state index contributed by atoms with van der Waals surface area (Å²) >= 11 is 3.06. The first-order chi connectivity index (χ1) is 10.1. The van der Waals surface area contributed by atoms with Crippen LogP contribution in [-0.4, -0.2) is 39.2 Å². The van der Waals surface area contributed by atoms with E-state index in [4.69, 9.17) is 0 Å². The maximum atomic E-state index is 14.4. The first-order valence-electron chi connectivity index (χ1n) is 5.96. The second-order valence-corrected chi connectivity index (χ2v) is 7.12. The monoisotopic (exact) mass is 397 g/mol. The molecule has 0 aromatic heterocycles. The van der Waals surface area contributed by atoms with E-state index in [0.717, 1.165) is 18.1 Å². The van der Waals surface area contributed by atoms with E-state index in [1.165, 1.54) is 6.07 Å². The van der Waals surface area contributed by atoms with Gasteiger partial charge >= 0.3 is 16.2 Å². The number of ether oxygens (including phenoxy) is 1. The van der Waals surface area contributed by atoms with Gasteiger partial charge < -0.3 is 9.64 Å². The maximum absolute atomic E-state index is 14.4. The molecule has 1 heterocycles. The zero-order chi connectivity index (χ0) is 16.7. The average Bonchev–Trinajstić information content (AvgIpc) is 2.82. The Morgan fingerprint density at radius 3 is 2.59 bits per heavy atom. The molecule has 0 N–H and O–H groups in total. The zero-order valence-corrected chi connectivity index (χ0v) is 13.6. The lowest BCUT2D eigenvalue weighted by molar-refractivity contribution is -0.117. The first kappa shape index (κ1) is 16.8. The Morgan fingerprint density at radius 2 is 2.09 bits per heavy atom. The van der Waals surface area contributed by atoms with Gasteiger partial charge in [-0.15, -0.1) is 3.89 Å². The van der Waals surface area contributed by atoms with E-state index in [1.807, 2.05) is 0 Å². The fourth-order valence-corrected chi connectivity index (χ4v) is 3.24. The van der Waals surface area contributed by atoms with Crippen molar-refractivity contribution < 1.29 is 31.0 Å². The fraction of sp³-hybridized carbons (Fsp3) is 0.333. The van der Waals surface area contributed by atoms with Gasteiger partial charge in [0.15, 0.2) is 5.82 Å². The molecule has 0 bridgehead atoms. The highest BCUT2D eigenvalue weighted by Gasteiger charge is 2.40. The average molecular weight is 398 g/mol. The van der Waals surface area contributed by atoms with Crippen molar-refractivity contribution in [1.29, 1.82) is 0 Å². The molecule has 1 atom stereocenters. The van der Waals surface area contributed by atoms with Crippen molar-refractivity contribution in [3.05, 3.63) is 28.0 Å². The standard InChI is InChI=1S/C12H10BrF2NO5S/c1-21-12(18)8-2-6(13)3-9(11(8)14)16-5-7(4-10(16)17)22(15,19)20/h2-3,7H,4-5H2,1H3. The lowest BCUT2D eigenvalue weighted by atomic mass is 10.1. The molecule has 1 fully saturated rings. The summed E-state index contributed by atoms with van der Waals surface area (Å²) in [5.74, 6) is -2.75. The Kier molecular flexibility index (Phi) is 4.52. The minimum absolute atomic E-state index is 0.281. The second-order valence-electron chi connectivity index (χ2n) is 4.58. The molecule has 0 radical (unpaired) electrons. The molecule has 1 saturated heterocycles. The van der Waals surface area contributed by atoms with Gasteiger partial charge in [0.25, 0.3) is 0 Å². The summed E-state index contributed by atoms with van der Waals surface area (Å²) in [5.41, 5.74) is -0.739. The van der Waals surface area contributed by atoms with E-state index in [0.29, 0.717) is 0 Å². The number of hydrogen-bond donors (Lipinski definition) is 0. The van der Waals surface area contributed by atoms with Crippen molar-refractivity contribution in [1.82, 2.24) is 0 Å². The molecule has 120 valence electrons. The quantitative estimate of drug-likeness (QED) is 0.573. The van der Waals surface area contributed by atoms with E-state index >= 15 is 0 Å². The fourth-order valence-electron chi connectivity index (χ4n) is 2.13. The van der Waals surface area contributed by atoms with Gasteiger partial charge in [-0.05, 0) is 12.1 Å². The number of esters is 1. The number of benzene rings is 1. The van der Waals surface area contributed by atoms with Crippen LogP contribution >= 0.6 is 15.9 Å². The zero-order valence-electron chi connectivity index (χ0n) is 11.2. The van der Waals surface area contributed by atoms with Gasteiger partial charge in [0.05, 0.1) is 18.4 Å². The van der Waals surface area contributed by atoms with Gasteiger partial charge in [0.2, 0.25) is 5.91 Å². The highest BCUT2D eigenvalue weighted by atomic mass is 79.9. The SMILES string of the molecule is COC(=O)c1cc(Br)cc(N2CC(S(=O)(=O)F)CC2=O)c1F. The number of anilines is 1. The summed E-state index contributed by atoms with van der Waals surface area (Å²) in [6.07, 6.45) is -0.585. The van der Waals surface area contributed by atoms with Crippen LogP contribution in [0.15, 0.2) is 16.6 Å². The second kappa shape index (κ2) is 5.92. The number of carbonyl (C=O) groups excluding carboxylic acids is 2. The number of amides is 1. The van der Waals surface area contributed by atoms with Crippen LogP contribution in [0, 0.1) is 5.82 Å². The van der Waals surface area contributed by atoms with Crippen LogP contribution in [0.5, 0.6) is 0 Å². The molecule has 0 spiro atoms. The molecule has 10 heteroatoms. The molecule has 22 heavy (non-hydrogen) atoms. The number of halogens is 3. The molecule has 1 aromatic rings. The van der Waals surface area contributed by atoms with E-state index in [2.05, 4.69) is 20.7 Å². The summed E-state index contributed by atoms with van der Waals surface area (Å²) in [5, 5.41) is -1.56. The van der Waals surface area contributed by atoms with E-state index < -0.39 is 51.7 Å². The van der Waals surface area contributed by atoms with Crippen LogP contribution < -0.4 is 4.90 Å². The molecular formula is C12H10BrF2NO5S. The Morgan fingerprint density at radius 1 is 1.45 bits per heavy atom. The lowest BCUT2D eigenvalue weighted by Gasteiger charge is -2.18. The van der Waals surface area contributed by atoms with Gasteiger partial charge in [-0.1, -0.05) is 15.9 Å². The molecule has 0 saturated carbocycles. The largest absolute Gasteiger partial charge is 0.465 e. The summed E-state index contributed by atoms with van der Waals surface area (Å²) in [6, 6.07) is 2.36. The smallest absolute Gasteiger partial charge is 0.340 e. The predicted octanol–water partition coefficient (Wildman–Crippen LogP) is 1.78. The van der Waals surface area contributed by atoms with Crippen molar-refractivity contribution >= 4 is 43.7 Å². The molecule has 1 amide bonds. The first-order valence-corrected chi connectivity index (χ1v) is 8.20. The van der Waals surface area contributed by atoms with Crippen LogP contribution in [0.25, 0.3) is 0 Å². The minimum atomic E-state index is -4.92. The third-order valence-electron chi connectivity index (χ3n) is 3.20. The highest BCUT2D eigenvalue weighted by molar-refractivity contribution is 9.10. The molecule has 1 unspecified atom stereocenters. The van der Waals surface area contributed by atoms with Crippen LogP contribution in [-0.2, 0) is 19.8 Å². The Labute approximate surface area is 133 Å². The van der Waals surface area contributed by atoms with E-state index in [1.54, 1.807) is 0 Å². The Bertz CT molecular complexity index is 752. The van der Waals surface area contributed by atoms with Crippen molar-refractivity contribution in [2.75, 3.05) is 18.6 Å². The molecule has 6 nitrogen and oxygen atoms in total. The number of carbonyl (C=O) groups is 2. The van der Waals surface area contributed by atoms with Crippen molar-refractivity contribution in [3.8, 4) is 0 Å².